The Kier molecular flexibility index (Phi) is 10.4. The van der Waals surface area contributed by atoms with Crippen LogP contribution < -0.4 is 30.3 Å². The van der Waals surface area contributed by atoms with Gasteiger partial charge in [0, 0.05) is 10.2 Å². The zero-order valence-electron chi connectivity index (χ0n) is 22.0. The average Bonchev–Trinajstić information content (AvgIpc) is 2.91. The van der Waals surface area contributed by atoms with Crippen LogP contribution in [0.5, 0.6) is 17.2 Å². The van der Waals surface area contributed by atoms with Crippen LogP contribution in [0, 0.1) is 13.8 Å². The summed E-state index contributed by atoms with van der Waals surface area (Å²) in [6, 6.07) is 15.5. The summed E-state index contributed by atoms with van der Waals surface area (Å²) in [7, 11) is 1.46. The van der Waals surface area contributed by atoms with Crippen LogP contribution in [0.2, 0.25) is 0 Å². The quantitative estimate of drug-likeness (QED) is 0.179. The Balaban J connectivity index is 1.56. The van der Waals surface area contributed by atoms with Gasteiger partial charge in [-0.3, -0.25) is 14.4 Å². The van der Waals surface area contributed by atoms with E-state index in [9.17, 15) is 14.4 Å². The first-order valence-electron chi connectivity index (χ1n) is 12.0. The third-order valence-electron chi connectivity index (χ3n) is 5.33. The van der Waals surface area contributed by atoms with Gasteiger partial charge in [-0.2, -0.15) is 5.10 Å². The van der Waals surface area contributed by atoms with Gasteiger partial charge in [0.15, 0.2) is 18.1 Å². The molecule has 0 bridgehead atoms. The molecule has 0 aliphatic carbocycles. The van der Waals surface area contributed by atoms with Gasteiger partial charge >= 0.3 is 11.8 Å². The van der Waals surface area contributed by atoms with Gasteiger partial charge in [0.2, 0.25) is 0 Å². The second-order valence-electron chi connectivity index (χ2n) is 8.24. The Morgan fingerprint density at radius 1 is 0.897 bits per heavy atom. The zero-order chi connectivity index (χ0) is 28.4. The zero-order valence-corrected chi connectivity index (χ0v) is 23.5. The van der Waals surface area contributed by atoms with Crippen molar-refractivity contribution in [1.82, 2.24) is 5.43 Å². The lowest BCUT2D eigenvalue weighted by molar-refractivity contribution is -0.136. The fourth-order valence-corrected chi connectivity index (χ4v) is 4.24. The molecule has 0 unspecified atom stereocenters. The predicted molar refractivity (Wildman–Crippen MR) is 153 cm³/mol. The summed E-state index contributed by atoms with van der Waals surface area (Å²) in [4.78, 5) is 36.9. The van der Waals surface area contributed by atoms with E-state index in [0.717, 1.165) is 21.3 Å². The van der Waals surface area contributed by atoms with E-state index in [0.29, 0.717) is 35.1 Å². The number of benzene rings is 3. The molecule has 0 radical (unpaired) electrons. The second kappa shape index (κ2) is 14.0. The fourth-order valence-electron chi connectivity index (χ4n) is 3.56. The first kappa shape index (κ1) is 29.2. The molecule has 0 spiro atoms. The maximum atomic E-state index is 12.5. The number of carbonyl (C=O) groups excluding carboxylic acids is 3. The number of halogens is 1. The lowest BCUT2D eigenvalue weighted by Crippen LogP contribution is -2.32. The van der Waals surface area contributed by atoms with E-state index in [4.69, 9.17) is 14.2 Å². The van der Waals surface area contributed by atoms with Gasteiger partial charge in [-0.15, -0.1) is 0 Å². The number of para-hydroxylation sites is 2. The number of aryl methyl sites for hydroxylation is 2. The lowest BCUT2D eigenvalue weighted by atomic mass is 10.1. The van der Waals surface area contributed by atoms with Crippen LogP contribution >= 0.6 is 15.9 Å². The van der Waals surface area contributed by atoms with Crippen LogP contribution in [-0.2, 0) is 14.4 Å². The molecule has 0 fully saturated rings. The third kappa shape index (κ3) is 8.30. The summed E-state index contributed by atoms with van der Waals surface area (Å²) in [5.41, 5.74) is 5.71. The number of ether oxygens (including phenoxy) is 3. The normalized spacial score (nSPS) is 10.6. The van der Waals surface area contributed by atoms with Gasteiger partial charge in [-0.1, -0.05) is 28.1 Å². The Labute approximate surface area is 234 Å². The van der Waals surface area contributed by atoms with Crippen molar-refractivity contribution in [3.05, 3.63) is 75.8 Å². The summed E-state index contributed by atoms with van der Waals surface area (Å²) in [6.07, 6.45) is 1.34. The maximum absolute atomic E-state index is 12.5. The van der Waals surface area contributed by atoms with Crippen LogP contribution in [0.1, 0.15) is 23.6 Å². The van der Waals surface area contributed by atoms with Crippen molar-refractivity contribution in [3.63, 3.8) is 0 Å². The molecule has 0 saturated carbocycles. The number of methoxy groups -OCH3 is 1. The van der Waals surface area contributed by atoms with Crippen molar-refractivity contribution in [2.45, 2.75) is 20.8 Å². The molecule has 3 amide bonds. The number of carbonyl (C=O) groups is 3. The molecular weight excluding hydrogens is 568 g/mol. The number of hydrazone groups is 1. The molecule has 0 aliphatic heterocycles. The van der Waals surface area contributed by atoms with Gasteiger partial charge in [0.1, 0.15) is 5.75 Å². The van der Waals surface area contributed by atoms with Crippen LogP contribution in [0.15, 0.2) is 64.2 Å². The van der Waals surface area contributed by atoms with Crippen LogP contribution in [0.3, 0.4) is 0 Å². The van der Waals surface area contributed by atoms with Crippen molar-refractivity contribution >= 4 is 51.2 Å². The molecule has 3 rings (SSSR count). The molecule has 3 aromatic rings. The number of hydrogen-bond acceptors (Lipinski definition) is 7. The molecule has 39 heavy (non-hydrogen) atoms. The van der Waals surface area contributed by atoms with E-state index in [2.05, 4.69) is 37.1 Å². The minimum Gasteiger partial charge on any atom is -0.493 e. The summed E-state index contributed by atoms with van der Waals surface area (Å²) in [5, 5.41) is 9.20. The van der Waals surface area contributed by atoms with Gasteiger partial charge < -0.3 is 24.8 Å². The first-order chi connectivity index (χ1) is 18.7. The average molecular weight is 597 g/mol. The maximum Gasteiger partial charge on any atom is 0.329 e. The smallest absolute Gasteiger partial charge is 0.329 e. The van der Waals surface area contributed by atoms with Crippen LogP contribution in [0.25, 0.3) is 0 Å². The highest BCUT2D eigenvalue weighted by atomic mass is 79.9. The number of hydrogen-bond donors (Lipinski definition) is 3. The Hall–Kier alpha value is -4.38. The molecule has 11 heteroatoms. The molecule has 0 atom stereocenters. The molecule has 3 aromatic carbocycles. The highest BCUT2D eigenvalue weighted by Crippen LogP contribution is 2.28. The SMILES string of the molecule is CCOc1ccccc1NC(=O)C(=O)N/N=C\c1ccc(OCC(=O)Nc2c(C)cc(Br)cc2C)c(OC)c1. The molecule has 3 N–H and O–H groups in total. The number of nitrogens with zero attached hydrogens (tertiary/aromatic N) is 1. The second-order valence-corrected chi connectivity index (χ2v) is 9.16. The van der Waals surface area contributed by atoms with E-state index >= 15 is 0 Å². The summed E-state index contributed by atoms with van der Waals surface area (Å²) >= 11 is 3.44. The van der Waals surface area contributed by atoms with E-state index in [-0.39, 0.29) is 12.5 Å². The molecule has 0 aromatic heterocycles. The largest absolute Gasteiger partial charge is 0.493 e. The van der Waals surface area contributed by atoms with Crippen molar-refractivity contribution < 1.29 is 28.6 Å². The Morgan fingerprint density at radius 3 is 2.31 bits per heavy atom. The fraction of sp³-hybridized carbons (Fsp3) is 0.214. The Morgan fingerprint density at radius 2 is 1.62 bits per heavy atom. The van der Waals surface area contributed by atoms with Crippen LogP contribution in [-0.4, -0.2) is 44.3 Å². The standard InChI is InChI=1S/C28H29BrN4O6/c1-5-38-22-9-7-6-8-21(22)31-27(35)28(36)33-30-15-19-10-11-23(24(14-19)37-4)39-16-25(34)32-26-17(2)12-20(29)13-18(26)3/h6-15H,5,16H2,1-4H3,(H,31,35)(H,32,34)(H,33,36)/b30-15-. The van der Waals surface area contributed by atoms with Crippen molar-refractivity contribution in [2.24, 2.45) is 5.10 Å². The lowest BCUT2D eigenvalue weighted by Gasteiger charge is -2.14. The number of anilines is 2. The van der Waals surface area contributed by atoms with E-state index in [1.807, 2.05) is 32.9 Å². The minimum atomic E-state index is -0.952. The number of nitrogens with one attached hydrogen (secondary N) is 3. The summed E-state index contributed by atoms with van der Waals surface area (Å²) < 4.78 is 17.4. The molecule has 10 nitrogen and oxygen atoms in total. The molecule has 0 saturated heterocycles. The van der Waals surface area contributed by atoms with Gasteiger partial charge in [0.05, 0.1) is 25.6 Å². The third-order valence-corrected chi connectivity index (χ3v) is 5.79. The highest BCUT2D eigenvalue weighted by molar-refractivity contribution is 9.10. The number of amides is 3. The monoisotopic (exact) mass is 596 g/mol. The molecule has 0 heterocycles. The van der Waals surface area contributed by atoms with E-state index < -0.39 is 11.8 Å². The van der Waals surface area contributed by atoms with Gasteiger partial charge in [-0.25, -0.2) is 5.43 Å². The molecule has 204 valence electrons. The van der Waals surface area contributed by atoms with E-state index in [1.54, 1.807) is 42.5 Å². The first-order valence-corrected chi connectivity index (χ1v) is 12.7. The van der Waals surface area contributed by atoms with Gasteiger partial charge in [-0.05, 0) is 79.9 Å². The van der Waals surface area contributed by atoms with E-state index in [1.165, 1.54) is 13.3 Å². The summed E-state index contributed by atoms with van der Waals surface area (Å²) in [5.74, 6) is -1.000. The Bertz CT molecular complexity index is 1370. The van der Waals surface area contributed by atoms with Crippen molar-refractivity contribution in [2.75, 3.05) is 31.0 Å². The summed E-state index contributed by atoms with van der Waals surface area (Å²) in [6.45, 7) is 5.82. The minimum absolute atomic E-state index is 0.226. The predicted octanol–water partition coefficient (Wildman–Crippen LogP) is 4.58. The number of rotatable bonds is 10. The highest BCUT2D eigenvalue weighted by Gasteiger charge is 2.15. The topological polar surface area (TPSA) is 127 Å². The van der Waals surface area contributed by atoms with Crippen molar-refractivity contribution in [3.8, 4) is 17.2 Å². The van der Waals surface area contributed by atoms with Crippen molar-refractivity contribution in [1.29, 1.82) is 0 Å². The molecule has 0 aliphatic rings. The molecular formula is C28H29BrN4O6. The van der Waals surface area contributed by atoms with Crippen LogP contribution in [0.4, 0.5) is 11.4 Å². The van der Waals surface area contributed by atoms with Gasteiger partial charge in [0.25, 0.3) is 5.91 Å².